The van der Waals surface area contributed by atoms with E-state index in [0.717, 1.165) is 5.56 Å². The predicted octanol–water partition coefficient (Wildman–Crippen LogP) is 2.38. The highest BCUT2D eigenvalue weighted by molar-refractivity contribution is 6.09. The van der Waals surface area contributed by atoms with Crippen molar-refractivity contribution in [2.45, 2.75) is 20.3 Å². The van der Waals surface area contributed by atoms with Gasteiger partial charge in [-0.25, -0.2) is 0 Å². The molecule has 0 N–H and O–H groups in total. The van der Waals surface area contributed by atoms with Crippen LogP contribution in [0.2, 0.25) is 0 Å². The number of ketones is 1. The molecule has 16 heavy (non-hydrogen) atoms. The zero-order valence-electron chi connectivity index (χ0n) is 9.82. The Bertz CT molecular complexity index is 396. The molecule has 0 aliphatic heterocycles. The number of hydrogen-bond donors (Lipinski definition) is 0. The van der Waals surface area contributed by atoms with Crippen LogP contribution in [0, 0.1) is 12.8 Å². The average molecular weight is 220 g/mol. The smallest absolute Gasteiger partial charge is 0.316 e. The summed E-state index contributed by atoms with van der Waals surface area (Å²) in [5.74, 6) is -1.31. The second-order valence-corrected chi connectivity index (χ2v) is 3.66. The van der Waals surface area contributed by atoms with Crippen molar-refractivity contribution in [3.05, 3.63) is 35.4 Å². The summed E-state index contributed by atoms with van der Waals surface area (Å²) < 4.78 is 4.63. The topological polar surface area (TPSA) is 43.4 Å². The van der Waals surface area contributed by atoms with Gasteiger partial charge in [0.15, 0.2) is 5.78 Å². The lowest BCUT2D eigenvalue weighted by atomic mass is 9.93. The third-order valence-corrected chi connectivity index (χ3v) is 2.62. The van der Waals surface area contributed by atoms with Gasteiger partial charge >= 0.3 is 5.97 Å². The van der Waals surface area contributed by atoms with Gasteiger partial charge in [-0.3, -0.25) is 9.59 Å². The zero-order valence-corrected chi connectivity index (χ0v) is 9.82. The third kappa shape index (κ3) is 2.48. The summed E-state index contributed by atoms with van der Waals surface area (Å²) in [6, 6.07) is 7.26. The molecule has 0 aliphatic carbocycles. The maximum absolute atomic E-state index is 12.1. The summed E-state index contributed by atoms with van der Waals surface area (Å²) in [4.78, 5) is 23.5. The molecule has 0 amide bonds. The molecular weight excluding hydrogens is 204 g/mol. The van der Waals surface area contributed by atoms with Crippen LogP contribution in [0.4, 0.5) is 0 Å². The largest absolute Gasteiger partial charge is 0.468 e. The van der Waals surface area contributed by atoms with Crippen LogP contribution in [-0.4, -0.2) is 18.9 Å². The van der Waals surface area contributed by atoms with Gasteiger partial charge in [-0.05, 0) is 18.9 Å². The van der Waals surface area contributed by atoms with Gasteiger partial charge in [0.2, 0.25) is 0 Å². The molecule has 0 radical (unpaired) electrons. The fourth-order valence-electron chi connectivity index (χ4n) is 1.64. The Labute approximate surface area is 95.4 Å². The average Bonchev–Trinajstić information content (AvgIpc) is 2.30. The second-order valence-electron chi connectivity index (χ2n) is 3.66. The first-order valence-corrected chi connectivity index (χ1v) is 5.29. The number of aryl methyl sites for hydroxylation is 1. The van der Waals surface area contributed by atoms with Gasteiger partial charge in [-0.15, -0.1) is 0 Å². The van der Waals surface area contributed by atoms with E-state index in [1.54, 1.807) is 19.1 Å². The van der Waals surface area contributed by atoms with Gasteiger partial charge in [0.05, 0.1) is 7.11 Å². The number of benzene rings is 1. The standard InChI is InChI=1S/C13H16O3/c1-4-10(13(15)16-3)12(14)11-8-6-5-7-9(11)2/h5-8,10H,4H2,1-3H3. The quantitative estimate of drug-likeness (QED) is 0.444. The van der Waals surface area contributed by atoms with Crippen molar-refractivity contribution in [2.24, 2.45) is 5.92 Å². The third-order valence-electron chi connectivity index (χ3n) is 2.62. The number of ether oxygens (including phenoxy) is 1. The molecule has 3 nitrogen and oxygen atoms in total. The normalized spacial score (nSPS) is 11.9. The van der Waals surface area contributed by atoms with Crippen LogP contribution in [0.5, 0.6) is 0 Å². The molecule has 0 saturated carbocycles. The summed E-state index contributed by atoms with van der Waals surface area (Å²) in [5, 5.41) is 0. The fourth-order valence-corrected chi connectivity index (χ4v) is 1.64. The van der Waals surface area contributed by atoms with E-state index in [0.29, 0.717) is 12.0 Å². The van der Waals surface area contributed by atoms with E-state index < -0.39 is 11.9 Å². The van der Waals surface area contributed by atoms with Crippen LogP contribution in [-0.2, 0) is 9.53 Å². The van der Waals surface area contributed by atoms with Crippen LogP contribution < -0.4 is 0 Å². The van der Waals surface area contributed by atoms with Crippen molar-refractivity contribution >= 4 is 11.8 Å². The molecule has 1 aromatic rings. The Kier molecular flexibility index (Phi) is 4.23. The number of carbonyl (C=O) groups is 2. The highest BCUT2D eigenvalue weighted by Crippen LogP contribution is 2.16. The SMILES string of the molecule is CCC(C(=O)OC)C(=O)c1ccccc1C. The number of Topliss-reactive ketones (excluding diaryl/α,β-unsaturated/α-hetero) is 1. The lowest BCUT2D eigenvalue weighted by molar-refractivity contribution is -0.143. The molecular formula is C13H16O3. The number of esters is 1. The maximum atomic E-state index is 12.1. The first-order valence-electron chi connectivity index (χ1n) is 5.29. The summed E-state index contributed by atoms with van der Waals surface area (Å²) in [6.07, 6.45) is 0.458. The van der Waals surface area contributed by atoms with Crippen LogP contribution in [0.1, 0.15) is 29.3 Å². The molecule has 0 heterocycles. The lowest BCUT2D eigenvalue weighted by Crippen LogP contribution is -2.25. The van der Waals surface area contributed by atoms with Crippen molar-refractivity contribution in [1.82, 2.24) is 0 Å². The summed E-state index contributed by atoms with van der Waals surface area (Å²) >= 11 is 0. The summed E-state index contributed by atoms with van der Waals surface area (Å²) in [7, 11) is 1.30. The Morgan fingerprint density at radius 2 is 1.94 bits per heavy atom. The molecule has 0 aromatic heterocycles. The van der Waals surface area contributed by atoms with Crippen LogP contribution >= 0.6 is 0 Å². The van der Waals surface area contributed by atoms with Gasteiger partial charge in [0, 0.05) is 5.56 Å². The summed E-state index contributed by atoms with van der Waals surface area (Å²) in [6.45, 7) is 3.66. The fraction of sp³-hybridized carbons (Fsp3) is 0.385. The van der Waals surface area contributed by atoms with Crippen molar-refractivity contribution in [3.8, 4) is 0 Å². The Hall–Kier alpha value is -1.64. The van der Waals surface area contributed by atoms with Crippen LogP contribution in [0.25, 0.3) is 0 Å². The van der Waals surface area contributed by atoms with Gasteiger partial charge in [-0.1, -0.05) is 31.2 Å². The number of rotatable bonds is 4. The second kappa shape index (κ2) is 5.45. The Morgan fingerprint density at radius 3 is 2.44 bits per heavy atom. The van der Waals surface area contributed by atoms with Crippen LogP contribution in [0.15, 0.2) is 24.3 Å². The molecule has 1 atom stereocenters. The molecule has 0 bridgehead atoms. The number of hydrogen-bond acceptors (Lipinski definition) is 3. The lowest BCUT2D eigenvalue weighted by Gasteiger charge is -2.12. The van der Waals surface area contributed by atoms with E-state index in [9.17, 15) is 9.59 Å². The van der Waals surface area contributed by atoms with Crippen molar-refractivity contribution in [1.29, 1.82) is 0 Å². The van der Waals surface area contributed by atoms with E-state index >= 15 is 0 Å². The molecule has 86 valence electrons. The zero-order chi connectivity index (χ0) is 12.1. The minimum atomic E-state index is -0.689. The highest BCUT2D eigenvalue weighted by Gasteiger charge is 2.27. The molecule has 0 aliphatic rings. The Morgan fingerprint density at radius 1 is 1.31 bits per heavy atom. The van der Waals surface area contributed by atoms with E-state index in [2.05, 4.69) is 4.74 Å². The van der Waals surface area contributed by atoms with Gasteiger partial charge in [-0.2, -0.15) is 0 Å². The van der Waals surface area contributed by atoms with E-state index in [1.165, 1.54) is 7.11 Å². The minimum Gasteiger partial charge on any atom is -0.468 e. The predicted molar refractivity (Wildman–Crippen MR) is 61.3 cm³/mol. The molecule has 1 unspecified atom stereocenters. The summed E-state index contributed by atoms with van der Waals surface area (Å²) in [5.41, 5.74) is 1.48. The van der Waals surface area contributed by atoms with Gasteiger partial charge in [0.25, 0.3) is 0 Å². The van der Waals surface area contributed by atoms with E-state index in [-0.39, 0.29) is 5.78 Å². The molecule has 0 saturated heterocycles. The number of carbonyl (C=O) groups excluding carboxylic acids is 2. The first kappa shape index (κ1) is 12.4. The van der Waals surface area contributed by atoms with Crippen molar-refractivity contribution in [2.75, 3.05) is 7.11 Å². The van der Waals surface area contributed by atoms with E-state index in [4.69, 9.17) is 0 Å². The van der Waals surface area contributed by atoms with Crippen LogP contribution in [0.3, 0.4) is 0 Å². The maximum Gasteiger partial charge on any atom is 0.316 e. The van der Waals surface area contributed by atoms with Crippen molar-refractivity contribution in [3.63, 3.8) is 0 Å². The van der Waals surface area contributed by atoms with Crippen molar-refractivity contribution < 1.29 is 14.3 Å². The molecule has 0 fully saturated rings. The molecule has 0 spiro atoms. The first-order chi connectivity index (χ1) is 7.61. The van der Waals surface area contributed by atoms with E-state index in [1.807, 2.05) is 19.1 Å². The minimum absolute atomic E-state index is 0.160. The van der Waals surface area contributed by atoms with Gasteiger partial charge in [0.1, 0.15) is 5.92 Å². The molecule has 1 aromatic carbocycles. The highest BCUT2D eigenvalue weighted by atomic mass is 16.5. The molecule has 1 rings (SSSR count). The Balaban J connectivity index is 3.01. The van der Waals surface area contributed by atoms with Gasteiger partial charge < -0.3 is 4.74 Å². The monoisotopic (exact) mass is 220 g/mol. The molecule has 3 heteroatoms. The number of methoxy groups -OCH3 is 1.